The number of rotatable bonds is 6. The van der Waals surface area contributed by atoms with Gasteiger partial charge in [0.05, 0.1) is 6.10 Å². The van der Waals surface area contributed by atoms with Crippen LogP contribution in [0.25, 0.3) is 0 Å². The molecule has 2 nitrogen and oxygen atoms in total. The van der Waals surface area contributed by atoms with Crippen LogP contribution < -0.4 is 5.32 Å². The fourth-order valence-corrected chi connectivity index (χ4v) is 3.57. The summed E-state index contributed by atoms with van der Waals surface area (Å²) >= 11 is 2.13. The Labute approximate surface area is 105 Å². The molecule has 1 N–H and O–H groups in total. The number of thioether (sulfide) groups is 1. The monoisotopic (exact) mass is 245 g/mol. The lowest BCUT2D eigenvalue weighted by Gasteiger charge is -2.33. The summed E-state index contributed by atoms with van der Waals surface area (Å²) in [6.07, 6.45) is 5.76. The van der Waals surface area contributed by atoms with Crippen LogP contribution >= 0.6 is 11.8 Å². The Morgan fingerprint density at radius 3 is 2.75 bits per heavy atom. The summed E-state index contributed by atoms with van der Waals surface area (Å²) < 4.78 is 5.36. The molecule has 4 unspecified atom stereocenters. The summed E-state index contributed by atoms with van der Waals surface area (Å²) in [6, 6.07) is 1.16. The van der Waals surface area contributed by atoms with E-state index >= 15 is 0 Å². The van der Waals surface area contributed by atoms with Gasteiger partial charge in [0.1, 0.15) is 0 Å². The Hall–Kier alpha value is 0.270. The fraction of sp³-hybridized carbons (Fsp3) is 1.00. The molecule has 0 bridgehead atoms. The van der Waals surface area contributed by atoms with Gasteiger partial charge in [-0.1, -0.05) is 13.3 Å². The van der Waals surface area contributed by atoms with Crippen molar-refractivity contribution in [3.8, 4) is 0 Å². The molecule has 96 valence electrons. The molecule has 1 aliphatic rings. The summed E-state index contributed by atoms with van der Waals surface area (Å²) in [5.41, 5.74) is 0. The molecule has 0 aliphatic heterocycles. The van der Waals surface area contributed by atoms with Crippen molar-refractivity contribution in [2.24, 2.45) is 0 Å². The molecule has 0 heterocycles. The van der Waals surface area contributed by atoms with E-state index in [0.717, 1.165) is 5.25 Å². The van der Waals surface area contributed by atoms with Crippen LogP contribution in [0.1, 0.15) is 46.5 Å². The number of ether oxygens (including phenoxy) is 1. The van der Waals surface area contributed by atoms with E-state index in [1.807, 2.05) is 0 Å². The van der Waals surface area contributed by atoms with Crippen LogP contribution in [0.5, 0.6) is 0 Å². The van der Waals surface area contributed by atoms with Crippen molar-refractivity contribution < 1.29 is 4.74 Å². The van der Waals surface area contributed by atoms with Crippen molar-refractivity contribution in [1.82, 2.24) is 5.32 Å². The van der Waals surface area contributed by atoms with Crippen molar-refractivity contribution in [3.05, 3.63) is 0 Å². The third-order valence-electron chi connectivity index (χ3n) is 3.60. The molecule has 0 amide bonds. The maximum absolute atomic E-state index is 5.36. The van der Waals surface area contributed by atoms with Crippen LogP contribution in [0.15, 0.2) is 0 Å². The summed E-state index contributed by atoms with van der Waals surface area (Å²) in [4.78, 5) is 0. The highest BCUT2D eigenvalue weighted by atomic mass is 32.2. The molecular weight excluding hydrogens is 218 g/mol. The standard InChI is InChI=1S/C13H27NOS/c1-5-16-13-8-6-7-12(9-13)14-10(2)11(3)15-4/h10-14H,5-9H2,1-4H3. The van der Waals surface area contributed by atoms with Crippen molar-refractivity contribution in [1.29, 1.82) is 0 Å². The predicted molar refractivity (Wildman–Crippen MR) is 73.2 cm³/mol. The first-order valence-corrected chi connectivity index (χ1v) is 7.62. The van der Waals surface area contributed by atoms with E-state index in [1.165, 1.54) is 31.4 Å². The van der Waals surface area contributed by atoms with Gasteiger partial charge in [-0.3, -0.25) is 0 Å². The van der Waals surface area contributed by atoms with E-state index in [-0.39, 0.29) is 0 Å². The minimum absolute atomic E-state index is 0.305. The molecule has 0 radical (unpaired) electrons. The molecule has 0 saturated heterocycles. The first kappa shape index (κ1) is 14.3. The van der Waals surface area contributed by atoms with E-state index in [0.29, 0.717) is 18.2 Å². The van der Waals surface area contributed by atoms with Gasteiger partial charge in [0, 0.05) is 24.4 Å². The highest BCUT2D eigenvalue weighted by molar-refractivity contribution is 7.99. The van der Waals surface area contributed by atoms with Gasteiger partial charge in [0.25, 0.3) is 0 Å². The van der Waals surface area contributed by atoms with E-state index in [9.17, 15) is 0 Å². The summed E-state index contributed by atoms with van der Waals surface area (Å²) in [7, 11) is 1.79. The number of nitrogens with one attached hydrogen (secondary N) is 1. The van der Waals surface area contributed by atoms with Crippen molar-refractivity contribution >= 4 is 11.8 Å². The number of hydrogen-bond acceptors (Lipinski definition) is 3. The second kappa shape index (κ2) is 7.57. The highest BCUT2D eigenvalue weighted by Crippen LogP contribution is 2.28. The van der Waals surface area contributed by atoms with E-state index < -0.39 is 0 Å². The smallest absolute Gasteiger partial charge is 0.0693 e. The lowest BCUT2D eigenvalue weighted by atomic mass is 9.94. The fourth-order valence-electron chi connectivity index (χ4n) is 2.39. The molecule has 1 rings (SSSR count). The topological polar surface area (TPSA) is 21.3 Å². The highest BCUT2D eigenvalue weighted by Gasteiger charge is 2.24. The summed E-state index contributed by atoms with van der Waals surface area (Å²) in [5.74, 6) is 1.25. The zero-order chi connectivity index (χ0) is 12.0. The minimum Gasteiger partial charge on any atom is -0.380 e. The Bertz CT molecular complexity index is 187. The van der Waals surface area contributed by atoms with Crippen LogP contribution in [0.2, 0.25) is 0 Å². The normalized spacial score (nSPS) is 30.0. The maximum Gasteiger partial charge on any atom is 0.0693 e. The molecule has 0 aromatic heterocycles. The zero-order valence-corrected chi connectivity index (χ0v) is 12.0. The molecule has 1 aliphatic carbocycles. The predicted octanol–water partition coefficient (Wildman–Crippen LogP) is 3.06. The van der Waals surface area contributed by atoms with Gasteiger partial charge in [0.15, 0.2) is 0 Å². The summed E-state index contributed by atoms with van der Waals surface area (Å²) in [5, 5.41) is 4.60. The molecule has 4 atom stereocenters. The van der Waals surface area contributed by atoms with Crippen molar-refractivity contribution in [2.45, 2.75) is 69.9 Å². The van der Waals surface area contributed by atoms with Crippen LogP contribution in [-0.4, -0.2) is 36.3 Å². The van der Waals surface area contributed by atoms with Gasteiger partial charge in [-0.25, -0.2) is 0 Å². The average molecular weight is 245 g/mol. The first-order chi connectivity index (χ1) is 7.67. The lowest BCUT2D eigenvalue weighted by molar-refractivity contribution is 0.0822. The quantitative estimate of drug-likeness (QED) is 0.777. The SMILES string of the molecule is CCSC1CCCC(NC(C)C(C)OC)C1. The van der Waals surface area contributed by atoms with Crippen LogP contribution in [0.3, 0.4) is 0 Å². The average Bonchev–Trinajstić information content (AvgIpc) is 2.29. The molecule has 16 heavy (non-hydrogen) atoms. The van der Waals surface area contributed by atoms with Crippen molar-refractivity contribution in [2.75, 3.05) is 12.9 Å². The van der Waals surface area contributed by atoms with Gasteiger partial charge in [0.2, 0.25) is 0 Å². The minimum atomic E-state index is 0.305. The van der Waals surface area contributed by atoms with Gasteiger partial charge in [-0.05, 0) is 38.9 Å². The second-order valence-corrected chi connectivity index (χ2v) is 6.41. The molecule has 3 heteroatoms. The second-order valence-electron chi connectivity index (χ2n) is 4.84. The van der Waals surface area contributed by atoms with Gasteiger partial charge >= 0.3 is 0 Å². The molecule has 1 fully saturated rings. The lowest BCUT2D eigenvalue weighted by Crippen LogP contribution is -2.45. The maximum atomic E-state index is 5.36. The molecular formula is C13H27NOS. The Morgan fingerprint density at radius 1 is 1.38 bits per heavy atom. The van der Waals surface area contributed by atoms with Crippen LogP contribution in [0.4, 0.5) is 0 Å². The van der Waals surface area contributed by atoms with Gasteiger partial charge < -0.3 is 10.1 Å². The van der Waals surface area contributed by atoms with Crippen LogP contribution in [0, 0.1) is 0 Å². The number of hydrogen-bond donors (Lipinski definition) is 1. The largest absolute Gasteiger partial charge is 0.380 e. The van der Waals surface area contributed by atoms with Crippen molar-refractivity contribution in [3.63, 3.8) is 0 Å². The first-order valence-electron chi connectivity index (χ1n) is 6.57. The molecule has 0 spiro atoms. The van der Waals surface area contributed by atoms with E-state index in [2.05, 4.69) is 37.8 Å². The molecule has 0 aromatic carbocycles. The Morgan fingerprint density at radius 2 is 2.12 bits per heavy atom. The zero-order valence-electron chi connectivity index (χ0n) is 11.2. The summed E-state index contributed by atoms with van der Waals surface area (Å²) in [6.45, 7) is 6.63. The Kier molecular flexibility index (Phi) is 6.78. The molecule has 0 aromatic rings. The van der Waals surface area contributed by atoms with Gasteiger partial charge in [-0.15, -0.1) is 0 Å². The molecule has 1 saturated carbocycles. The van der Waals surface area contributed by atoms with E-state index in [1.54, 1.807) is 7.11 Å². The number of methoxy groups -OCH3 is 1. The van der Waals surface area contributed by atoms with Crippen LogP contribution in [-0.2, 0) is 4.74 Å². The van der Waals surface area contributed by atoms with Gasteiger partial charge in [-0.2, -0.15) is 11.8 Å². The third-order valence-corrected chi connectivity index (χ3v) is 4.84. The Balaban J connectivity index is 2.30. The third kappa shape index (κ3) is 4.64. The van der Waals surface area contributed by atoms with E-state index in [4.69, 9.17) is 4.74 Å².